The molecule has 0 aromatic rings. The van der Waals surface area contributed by atoms with Crippen LogP contribution in [-0.2, 0) is 28.5 Å². The molecular weight excluding hydrogens is 240 g/mol. The van der Waals surface area contributed by atoms with Crippen LogP contribution in [0.25, 0.3) is 0 Å². The smallest absolute Gasteiger partial charge is 0.323 e. The molecule has 18 heavy (non-hydrogen) atoms. The van der Waals surface area contributed by atoms with Crippen LogP contribution in [0.5, 0.6) is 0 Å². The van der Waals surface area contributed by atoms with Gasteiger partial charge in [0.25, 0.3) is 0 Å². The standard InChI is InChI=1S/C12H20O6/c1-14-9(13)12-8(6-10(12,15-2)16-3)7-11(12,17-4)18-5/h8H,6-7H2,1-5H3. The van der Waals surface area contributed by atoms with Gasteiger partial charge in [-0.1, -0.05) is 0 Å². The van der Waals surface area contributed by atoms with E-state index in [1.807, 2.05) is 0 Å². The summed E-state index contributed by atoms with van der Waals surface area (Å²) >= 11 is 0. The Morgan fingerprint density at radius 2 is 1.28 bits per heavy atom. The molecule has 0 unspecified atom stereocenters. The molecule has 0 radical (unpaired) electrons. The zero-order chi connectivity index (χ0) is 13.6. The number of carbonyl (C=O) groups excluding carboxylic acids is 1. The highest BCUT2D eigenvalue weighted by Crippen LogP contribution is 2.74. The zero-order valence-electron chi connectivity index (χ0n) is 11.4. The van der Waals surface area contributed by atoms with Crippen LogP contribution in [0.3, 0.4) is 0 Å². The maximum absolute atomic E-state index is 12.3. The molecule has 0 aliphatic heterocycles. The molecule has 2 rings (SSSR count). The monoisotopic (exact) mass is 260 g/mol. The predicted molar refractivity (Wildman–Crippen MR) is 60.7 cm³/mol. The second-order valence-electron chi connectivity index (χ2n) is 4.73. The number of ether oxygens (including phenoxy) is 5. The molecule has 0 aromatic heterocycles. The second-order valence-corrected chi connectivity index (χ2v) is 4.73. The maximum Gasteiger partial charge on any atom is 0.323 e. The van der Waals surface area contributed by atoms with Gasteiger partial charge in [0.05, 0.1) is 7.11 Å². The van der Waals surface area contributed by atoms with Gasteiger partial charge in [0.2, 0.25) is 0 Å². The van der Waals surface area contributed by atoms with Crippen molar-refractivity contribution in [2.24, 2.45) is 11.3 Å². The number of esters is 1. The lowest BCUT2D eigenvalue weighted by Crippen LogP contribution is -2.86. The Hall–Kier alpha value is -0.690. The van der Waals surface area contributed by atoms with Gasteiger partial charge in [-0.05, 0) is 5.92 Å². The fourth-order valence-electron chi connectivity index (χ4n) is 3.78. The van der Waals surface area contributed by atoms with E-state index in [1.165, 1.54) is 35.5 Å². The molecule has 0 spiro atoms. The Morgan fingerprint density at radius 1 is 0.889 bits per heavy atom. The first-order chi connectivity index (χ1) is 8.54. The largest absolute Gasteiger partial charge is 0.468 e. The third-order valence-corrected chi connectivity index (χ3v) is 4.67. The van der Waals surface area contributed by atoms with Gasteiger partial charge in [0, 0.05) is 41.3 Å². The van der Waals surface area contributed by atoms with Crippen molar-refractivity contribution in [3.8, 4) is 0 Å². The van der Waals surface area contributed by atoms with E-state index in [0.29, 0.717) is 12.8 Å². The summed E-state index contributed by atoms with van der Waals surface area (Å²) in [5.41, 5.74) is -1.05. The SMILES string of the molecule is COC(=O)C12C(CC1(OC)OC)CC2(OC)OC. The molecule has 104 valence electrons. The number of rotatable bonds is 5. The Balaban J connectivity index is 2.49. The summed E-state index contributed by atoms with van der Waals surface area (Å²) in [5, 5.41) is 0. The van der Waals surface area contributed by atoms with E-state index in [2.05, 4.69) is 0 Å². The molecule has 6 heteroatoms. The van der Waals surface area contributed by atoms with Crippen molar-refractivity contribution >= 4 is 5.97 Å². The van der Waals surface area contributed by atoms with Gasteiger partial charge in [-0.2, -0.15) is 0 Å². The van der Waals surface area contributed by atoms with Gasteiger partial charge in [0.1, 0.15) is 0 Å². The van der Waals surface area contributed by atoms with Crippen molar-refractivity contribution in [3.05, 3.63) is 0 Å². The number of fused-ring (bicyclic) bond motifs is 1. The van der Waals surface area contributed by atoms with E-state index in [-0.39, 0.29) is 5.92 Å². The minimum atomic E-state index is -1.05. The van der Waals surface area contributed by atoms with E-state index in [9.17, 15) is 4.79 Å². The van der Waals surface area contributed by atoms with Gasteiger partial charge in [0.15, 0.2) is 17.0 Å². The summed E-state index contributed by atoms with van der Waals surface area (Å²) in [6.07, 6.45) is 1.26. The van der Waals surface area contributed by atoms with Crippen molar-refractivity contribution in [2.45, 2.75) is 24.4 Å². The lowest BCUT2D eigenvalue weighted by molar-refractivity contribution is -0.484. The normalized spacial score (nSPS) is 35.1. The summed E-state index contributed by atoms with van der Waals surface area (Å²) in [6, 6.07) is 0. The predicted octanol–water partition coefficient (Wildman–Crippen LogP) is 0.548. The lowest BCUT2D eigenvalue weighted by atomic mass is 9.40. The van der Waals surface area contributed by atoms with E-state index >= 15 is 0 Å². The minimum Gasteiger partial charge on any atom is -0.468 e. The Morgan fingerprint density at radius 3 is 1.50 bits per heavy atom. The van der Waals surface area contributed by atoms with E-state index < -0.39 is 23.0 Å². The van der Waals surface area contributed by atoms with Gasteiger partial charge >= 0.3 is 5.97 Å². The van der Waals surface area contributed by atoms with Crippen LogP contribution < -0.4 is 0 Å². The van der Waals surface area contributed by atoms with Crippen LogP contribution in [0.1, 0.15) is 12.8 Å². The van der Waals surface area contributed by atoms with Crippen molar-refractivity contribution in [2.75, 3.05) is 35.5 Å². The van der Waals surface area contributed by atoms with Crippen LogP contribution in [0.15, 0.2) is 0 Å². The molecule has 0 saturated heterocycles. The first kappa shape index (κ1) is 13.7. The topological polar surface area (TPSA) is 63.2 Å². The first-order valence-corrected chi connectivity index (χ1v) is 5.83. The average Bonchev–Trinajstić information content (AvgIpc) is 2.40. The number of hydrogen-bond donors (Lipinski definition) is 0. The Bertz CT molecular complexity index is 322. The average molecular weight is 260 g/mol. The van der Waals surface area contributed by atoms with E-state index in [1.54, 1.807) is 0 Å². The summed E-state index contributed by atoms with van der Waals surface area (Å²) in [4.78, 5) is 12.3. The molecule has 0 atom stereocenters. The van der Waals surface area contributed by atoms with E-state index in [4.69, 9.17) is 23.7 Å². The molecule has 6 nitrogen and oxygen atoms in total. The molecule has 0 bridgehead atoms. The van der Waals surface area contributed by atoms with Crippen LogP contribution in [-0.4, -0.2) is 53.1 Å². The van der Waals surface area contributed by atoms with Crippen LogP contribution in [0.4, 0.5) is 0 Å². The number of hydrogen-bond acceptors (Lipinski definition) is 6. The highest BCUT2D eigenvalue weighted by molar-refractivity contribution is 5.83. The Labute approximate surface area is 106 Å². The van der Waals surface area contributed by atoms with Crippen molar-refractivity contribution < 1.29 is 28.5 Å². The molecule has 0 heterocycles. The summed E-state index contributed by atoms with van der Waals surface area (Å²) in [6.45, 7) is 0. The molecular formula is C12H20O6. The maximum atomic E-state index is 12.3. The molecule has 2 aliphatic carbocycles. The quantitative estimate of drug-likeness (QED) is 0.531. The van der Waals surface area contributed by atoms with E-state index in [0.717, 1.165) is 0 Å². The van der Waals surface area contributed by atoms with Crippen molar-refractivity contribution in [1.82, 2.24) is 0 Å². The molecule has 2 fully saturated rings. The molecule has 2 aliphatic rings. The molecule has 0 amide bonds. The third-order valence-electron chi connectivity index (χ3n) is 4.67. The number of carbonyl (C=O) groups is 1. The van der Waals surface area contributed by atoms with Crippen LogP contribution in [0, 0.1) is 11.3 Å². The van der Waals surface area contributed by atoms with Gasteiger partial charge in [-0.3, -0.25) is 4.79 Å². The third kappa shape index (κ3) is 1.10. The van der Waals surface area contributed by atoms with Gasteiger partial charge in [-0.25, -0.2) is 0 Å². The number of methoxy groups -OCH3 is 5. The fraction of sp³-hybridized carbons (Fsp3) is 0.917. The minimum absolute atomic E-state index is 0.0877. The van der Waals surface area contributed by atoms with Crippen molar-refractivity contribution in [1.29, 1.82) is 0 Å². The summed E-state index contributed by atoms with van der Waals surface area (Å²) < 4.78 is 26.8. The van der Waals surface area contributed by atoms with Crippen molar-refractivity contribution in [3.63, 3.8) is 0 Å². The fourth-order valence-corrected chi connectivity index (χ4v) is 3.78. The zero-order valence-corrected chi connectivity index (χ0v) is 11.4. The highest BCUT2D eigenvalue weighted by atomic mass is 16.7. The summed E-state index contributed by atoms with van der Waals surface area (Å²) in [7, 11) is 7.40. The second kappa shape index (κ2) is 4.16. The highest BCUT2D eigenvalue weighted by Gasteiger charge is 2.88. The Kier molecular flexibility index (Phi) is 3.18. The lowest BCUT2D eigenvalue weighted by Gasteiger charge is -2.72. The molecule has 0 aromatic carbocycles. The van der Waals surface area contributed by atoms with Gasteiger partial charge < -0.3 is 23.7 Å². The van der Waals surface area contributed by atoms with Crippen LogP contribution in [0.2, 0.25) is 0 Å². The first-order valence-electron chi connectivity index (χ1n) is 5.83. The van der Waals surface area contributed by atoms with Gasteiger partial charge in [-0.15, -0.1) is 0 Å². The van der Waals surface area contributed by atoms with Crippen LogP contribution >= 0.6 is 0 Å². The molecule has 0 N–H and O–H groups in total. The summed E-state index contributed by atoms with van der Waals surface area (Å²) in [5.74, 6) is -2.42. The molecule has 2 saturated carbocycles.